The third-order valence-corrected chi connectivity index (χ3v) is 4.73. The van der Waals surface area contributed by atoms with Crippen molar-refractivity contribution in [3.05, 3.63) is 58.8 Å². The second kappa shape index (κ2) is 8.08. The largest absolute Gasteiger partial charge is 0.497 e. The standard InChI is InChI=1S/C22H23NO4/c1-4-14(5-2)22(25)23-16-8-6-15(7-9-16)21-13-19(24)18-12-17(26-3)10-11-20(18)27-21/h6-14H,4-5H2,1-3H3,(H,23,25). The minimum absolute atomic E-state index is 0.0141. The van der Waals surface area contributed by atoms with Gasteiger partial charge in [0.05, 0.1) is 12.5 Å². The highest BCUT2D eigenvalue weighted by molar-refractivity contribution is 5.92. The Bertz CT molecular complexity index is 1000. The van der Waals surface area contributed by atoms with Crippen LogP contribution in [0.1, 0.15) is 26.7 Å². The van der Waals surface area contributed by atoms with Gasteiger partial charge in [0.25, 0.3) is 0 Å². The molecule has 0 aliphatic carbocycles. The van der Waals surface area contributed by atoms with Crippen molar-refractivity contribution in [3.8, 4) is 17.1 Å². The SMILES string of the molecule is CCC(CC)C(=O)Nc1ccc(-c2cc(=O)c3cc(OC)ccc3o2)cc1. The molecule has 140 valence electrons. The van der Waals surface area contributed by atoms with E-state index in [-0.39, 0.29) is 17.3 Å². The molecule has 0 aliphatic rings. The third kappa shape index (κ3) is 4.03. The number of amides is 1. The second-order valence-corrected chi connectivity index (χ2v) is 6.42. The fourth-order valence-corrected chi connectivity index (χ4v) is 3.03. The minimum Gasteiger partial charge on any atom is -0.497 e. The molecule has 0 fully saturated rings. The number of nitrogens with one attached hydrogen (secondary N) is 1. The Morgan fingerprint density at radius 2 is 1.78 bits per heavy atom. The summed E-state index contributed by atoms with van der Waals surface area (Å²) in [6, 6.07) is 13.9. The van der Waals surface area contributed by atoms with Gasteiger partial charge in [-0.25, -0.2) is 0 Å². The molecule has 0 spiro atoms. The summed E-state index contributed by atoms with van der Waals surface area (Å²) in [5, 5.41) is 3.41. The van der Waals surface area contributed by atoms with Crippen molar-refractivity contribution in [2.45, 2.75) is 26.7 Å². The molecule has 27 heavy (non-hydrogen) atoms. The molecule has 0 saturated heterocycles. The summed E-state index contributed by atoms with van der Waals surface area (Å²) in [6.07, 6.45) is 1.63. The Morgan fingerprint density at radius 1 is 1.07 bits per heavy atom. The molecule has 2 aromatic carbocycles. The van der Waals surface area contributed by atoms with E-state index in [0.717, 1.165) is 24.1 Å². The average molecular weight is 365 g/mol. The minimum atomic E-state index is -0.128. The van der Waals surface area contributed by atoms with Gasteiger partial charge < -0.3 is 14.5 Å². The predicted octanol–water partition coefficient (Wildman–Crippen LogP) is 4.84. The van der Waals surface area contributed by atoms with Gasteiger partial charge in [0.2, 0.25) is 5.91 Å². The van der Waals surface area contributed by atoms with Crippen molar-refractivity contribution >= 4 is 22.6 Å². The van der Waals surface area contributed by atoms with Crippen molar-refractivity contribution in [2.24, 2.45) is 5.92 Å². The molecule has 0 saturated carbocycles. The molecule has 0 aliphatic heterocycles. The summed E-state index contributed by atoms with van der Waals surface area (Å²) in [6.45, 7) is 4.02. The van der Waals surface area contributed by atoms with Gasteiger partial charge in [-0.15, -0.1) is 0 Å². The van der Waals surface area contributed by atoms with E-state index in [9.17, 15) is 9.59 Å². The van der Waals surface area contributed by atoms with Crippen LogP contribution in [0.25, 0.3) is 22.3 Å². The van der Waals surface area contributed by atoms with Crippen LogP contribution in [-0.2, 0) is 4.79 Å². The Labute approximate surface area is 158 Å². The van der Waals surface area contributed by atoms with Crippen LogP contribution >= 0.6 is 0 Å². The number of anilines is 1. The first-order valence-corrected chi connectivity index (χ1v) is 9.09. The van der Waals surface area contributed by atoms with Crippen LogP contribution in [0.5, 0.6) is 5.75 Å². The van der Waals surface area contributed by atoms with Crippen molar-refractivity contribution in [2.75, 3.05) is 12.4 Å². The summed E-state index contributed by atoms with van der Waals surface area (Å²) < 4.78 is 11.0. The van der Waals surface area contributed by atoms with Crippen molar-refractivity contribution < 1.29 is 13.9 Å². The first-order valence-electron chi connectivity index (χ1n) is 9.09. The lowest BCUT2D eigenvalue weighted by atomic mass is 10.0. The lowest BCUT2D eigenvalue weighted by Crippen LogP contribution is -2.21. The number of carbonyl (C=O) groups is 1. The van der Waals surface area contributed by atoms with Crippen LogP contribution in [-0.4, -0.2) is 13.0 Å². The fourth-order valence-electron chi connectivity index (χ4n) is 3.03. The normalized spacial score (nSPS) is 11.0. The zero-order valence-corrected chi connectivity index (χ0v) is 15.7. The summed E-state index contributed by atoms with van der Waals surface area (Å²) in [4.78, 5) is 24.6. The molecular weight excluding hydrogens is 342 g/mol. The van der Waals surface area contributed by atoms with Crippen molar-refractivity contribution in [1.82, 2.24) is 0 Å². The van der Waals surface area contributed by atoms with Gasteiger partial charge >= 0.3 is 0 Å². The molecule has 0 radical (unpaired) electrons. The van der Waals surface area contributed by atoms with Gasteiger partial charge in [-0.05, 0) is 55.3 Å². The molecule has 1 aromatic heterocycles. The second-order valence-electron chi connectivity index (χ2n) is 6.42. The van der Waals surface area contributed by atoms with Crippen LogP contribution in [0.15, 0.2) is 57.7 Å². The van der Waals surface area contributed by atoms with Gasteiger partial charge in [0, 0.05) is 23.2 Å². The maximum absolute atomic E-state index is 12.4. The van der Waals surface area contributed by atoms with Gasteiger partial charge in [0.15, 0.2) is 5.43 Å². The van der Waals surface area contributed by atoms with Crippen LogP contribution < -0.4 is 15.5 Å². The average Bonchev–Trinajstić information content (AvgIpc) is 2.69. The maximum Gasteiger partial charge on any atom is 0.227 e. The zero-order chi connectivity index (χ0) is 19.4. The summed E-state index contributed by atoms with van der Waals surface area (Å²) in [5.74, 6) is 1.13. The van der Waals surface area contributed by atoms with E-state index in [1.807, 2.05) is 38.1 Å². The molecule has 5 heteroatoms. The number of carbonyl (C=O) groups excluding carboxylic acids is 1. The number of benzene rings is 2. The Balaban J connectivity index is 1.87. The summed E-state index contributed by atoms with van der Waals surface area (Å²) >= 11 is 0. The summed E-state index contributed by atoms with van der Waals surface area (Å²) in [7, 11) is 1.56. The maximum atomic E-state index is 12.4. The lowest BCUT2D eigenvalue weighted by Gasteiger charge is -2.13. The first-order chi connectivity index (χ1) is 13.0. The Kier molecular flexibility index (Phi) is 5.60. The number of methoxy groups -OCH3 is 1. The summed E-state index contributed by atoms with van der Waals surface area (Å²) in [5.41, 5.74) is 1.87. The molecule has 0 unspecified atom stereocenters. The molecule has 0 bridgehead atoms. The van der Waals surface area contributed by atoms with Gasteiger partial charge in [0.1, 0.15) is 17.1 Å². The molecule has 3 aromatic rings. The lowest BCUT2D eigenvalue weighted by molar-refractivity contribution is -0.120. The van der Waals surface area contributed by atoms with Gasteiger partial charge in [-0.1, -0.05) is 13.8 Å². The van der Waals surface area contributed by atoms with E-state index < -0.39 is 0 Å². The predicted molar refractivity (Wildman–Crippen MR) is 107 cm³/mol. The van der Waals surface area contributed by atoms with E-state index in [1.54, 1.807) is 25.3 Å². The van der Waals surface area contributed by atoms with E-state index in [2.05, 4.69) is 5.32 Å². The number of hydrogen-bond donors (Lipinski definition) is 1. The van der Waals surface area contributed by atoms with Crippen molar-refractivity contribution in [1.29, 1.82) is 0 Å². The number of fused-ring (bicyclic) bond motifs is 1. The fraction of sp³-hybridized carbons (Fsp3) is 0.273. The highest BCUT2D eigenvalue weighted by Gasteiger charge is 2.14. The molecule has 1 heterocycles. The third-order valence-electron chi connectivity index (χ3n) is 4.73. The highest BCUT2D eigenvalue weighted by atomic mass is 16.5. The smallest absolute Gasteiger partial charge is 0.227 e. The zero-order valence-electron chi connectivity index (χ0n) is 15.7. The van der Waals surface area contributed by atoms with E-state index >= 15 is 0 Å². The molecule has 5 nitrogen and oxygen atoms in total. The number of hydrogen-bond acceptors (Lipinski definition) is 4. The Hall–Kier alpha value is -3.08. The number of ether oxygens (including phenoxy) is 1. The van der Waals surface area contributed by atoms with Gasteiger partial charge in [-0.2, -0.15) is 0 Å². The van der Waals surface area contributed by atoms with Crippen LogP contribution in [0, 0.1) is 5.92 Å². The van der Waals surface area contributed by atoms with E-state index in [1.165, 1.54) is 6.07 Å². The van der Waals surface area contributed by atoms with Crippen LogP contribution in [0.2, 0.25) is 0 Å². The van der Waals surface area contributed by atoms with Crippen LogP contribution in [0.3, 0.4) is 0 Å². The molecular formula is C22H23NO4. The molecule has 0 atom stereocenters. The topological polar surface area (TPSA) is 68.5 Å². The van der Waals surface area contributed by atoms with E-state index in [4.69, 9.17) is 9.15 Å². The van der Waals surface area contributed by atoms with Gasteiger partial charge in [-0.3, -0.25) is 9.59 Å². The molecule has 3 rings (SSSR count). The van der Waals surface area contributed by atoms with Crippen LogP contribution in [0.4, 0.5) is 5.69 Å². The highest BCUT2D eigenvalue weighted by Crippen LogP contribution is 2.26. The number of rotatable bonds is 6. The quantitative estimate of drug-likeness (QED) is 0.678. The van der Waals surface area contributed by atoms with Crippen molar-refractivity contribution in [3.63, 3.8) is 0 Å². The molecule has 1 amide bonds. The molecule has 1 N–H and O–H groups in total. The first kappa shape index (κ1) is 18.7. The Morgan fingerprint density at radius 3 is 2.41 bits per heavy atom. The monoisotopic (exact) mass is 365 g/mol. The van der Waals surface area contributed by atoms with E-state index in [0.29, 0.717) is 22.5 Å².